The van der Waals surface area contributed by atoms with E-state index in [1.807, 2.05) is 6.08 Å². The van der Waals surface area contributed by atoms with Crippen LogP contribution in [0.5, 0.6) is 0 Å². The third-order valence-corrected chi connectivity index (χ3v) is 2.85. The summed E-state index contributed by atoms with van der Waals surface area (Å²) in [4.78, 5) is 2.49. The maximum atomic E-state index is 3.78. The molecular formula is C14H23N. The van der Waals surface area contributed by atoms with Crippen molar-refractivity contribution in [2.75, 3.05) is 13.1 Å². The highest BCUT2D eigenvalue weighted by molar-refractivity contribution is 5.21. The van der Waals surface area contributed by atoms with E-state index in [-0.39, 0.29) is 0 Å². The minimum absolute atomic E-state index is 1.20. The van der Waals surface area contributed by atoms with E-state index in [1.54, 1.807) is 0 Å². The zero-order valence-corrected chi connectivity index (χ0v) is 9.91. The molecule has 0 aromatic carbocycles. The van der Waals surface area contributed by atoms with E-state index >= 15 is 0 Å². The van der Waals surface area contributed by atoms with Crippen LogP contribution in [0.1, 0.15) is 39.0 Å². The highest BCUT2D eigenvalue weighted by Gasteiger charge is 2.08. The molecule has 0 unspecified atom stereocenters. The van der Waals surface area contributed by atoms with Crippen molar-refractivity contribution < 1.29 is 0 Å². The van der Waals surface area contributed by atoms with Crippen molar-refractivity contribution in [2.45, 2.75) is 39.0 Å². The number of rotatable bonds is 3. The van der Waals surface area contributed by atoms with Gasteiger partial charge in [0.25, 0.3) is 0 Å². The molecule has 0 amide bonds. The van der Waals surface area contributed by atoms with Crippen LogP contribution in [-0.4, -0.2) is 18.0 Å². The van der Waals surface area contributed by atoms with E-state index in [9.17, 15) is 0 Å². The lowest BCUT2D eigenvalue weighted by Crippen LogP contribution is -2.25. The molecule has 1 aliphatic heterocycles. The second-order valence-corrected chi connectivity index (χ2v) is 4.08. The Labute approximate surface area is 94.2 Å². The van der Waals surface area contributed by atoms with Crippen LogP contribution in [0.25, 0.3) is 0 Å². The normalized spacial score (nSPS) is 20.1. The van der Waals surface area contributed by atoms with Gasteiger partial charge in [-0.15, -0.1) is 0 Å². The first-order chi connectivity index (χ1) is 7.38. The molecule has 0 aliphatic carbocycles. The van der Waals surface area contributed by atoms with Gasteiger partial charge in [-0.05, 0) is 31.9 Å². The Morgan fingerprint density at radius 2 is 1.67 bits per heavy atom. The predicted octanol–water partition coefficient (Wildman–Crippen LogP) is 3.90. The molecule has 0 radical (unpaired) electrons. The van der Waals surface area contributed by atoms with Crippen molar-refractivity contribution in [2.24, 2.45) is 0 Å². The average molecular weight is 205 g/mol. The van der Waals surface area contributed by atoms with Gasteiger partial charge in [0.1, 0.15) is 0 Å². The minimum atomic E-state index is 1.20. The van der Waals surface area contributed by atoms with Crippen molar-refractivity contribution >= 4 is 0 Å². The lowest BCUT2D eigenvalue weighted by molar-refractivity contribution is 0.313. The van der Waals surface area contributed by atoms with E-state index in [2.05, 4.69) is 36.6 Å². The fourth-order valence-corrected chi connectivity index (χ4v) is 2.06. The monoisotopic (exact) mass is 205 g/mol. The highest BCUT2D eigenvalue weighted by Crippen LogP contribution is 2.15. The SMILES string of the molecule is C=C/C=C(\C=C/C)N1CCCCCCC1. The molecule has 1 heterocycles. The van der Waals surface area contributed by atoms with Crippen LogP contribution in [0.2, 0.25) is 0 Å². The summed E-state index contributed by atoms with van der Waals surface area (Å²) in [5, 5.41) is 0. The molecule has 0 bridgehead atoms. The topological polar surface area (TPSA) is 3.24 Å². The van der Waals surface area contributed by atoms with Gasteiger partial charge in [-0.2, -0.15) is 0 Å². The Kier molecular flexibility index (Phi) is 5.91. The molecule has 15 heavy (non-hydrogen) atoms. The molecule has 0 aromatic heterocycles. The van der Waals surface area contributed by atoms with Crippen molar-refractivity contribution in [1.82, 2.24) is 4.90 Å². The maximum absolute atomic E-state index is 3.78. The van der Waals surface area contributed by atoms with Crippen LogP contribution in [0, 0.1) is 0 Å². The quantitative estimate of drug-likeness (QED) is 0.632. The van der Waals surface area contributed by atoms with Gasteiger partial charge in [0.05, 0.1) is 0 Å². The molecule has 0 N–H and O–H groups in total. The molecule has 84 valence electrons. The Morgan fingerprint density at radius 3 is 2.20 bits per heavy atom. The van der Waals surface area contributed by atoms with Gasteiger partial charge in [-0.25, -0.2) is 0 Å². The van der Waals surface area contributed by atoms with Gasteiger partial charge in [0.15, 0.2) is 0 Å². The van der Waals surface area contributed by atoms with Crippen LogP contribution in [0.15, 0.2) is 36.6 Å². The first-order valence-corrected chi connectivity index (χ1v) is 6.09. The van der Waals surface area contributed by atoms with E-state index in [1.165, 1.54) is 50.9 Å². The molecule has 0 saturated carbocycles. The van der Waals surface area contributed by atoms with Gasteiger partial charge in [0, 0.05) is 18.8 Å². The summed E-state index contributed by atoms with van der Waals surface area (Å²) in [7, 11) is 0. The number of nitrogens with zero attached hydrogens (tertiary/aromatic N) is 1. The average Bonchev–Trinajstić information content (AvgIpc) is 2.17. The predicted molar refractivity (Wildman–Crippen MR) is 67.8 cm³/mol. The van der Waals surface area contributed by atoms with E-state index in [0.717, 1.165) is 0 Å². The van der Waals surface area contributed by atoms with E-state index < -0.39 is 0 Å². The van der Waals surface area contributed by atoms with Gasteiger partial charge in [-0.1, -0.05) is 38.0 Å². The van der Waals surface area contributed by atoms with Crippen LogP contribution >= 0.6 is 0 Å². The molecule has 1 fully saturated rings. The van der Waals surface area contributed by atoms with E-state index in [4.69, 9.17) is 0 Å². The Balaban J connectivity index is 2.62. The zero-order valence-electron chi connectivity index (χ0n) is 9.91. The molecule has 0 aromatic rings. The summed E-state index contributed by atoms with van der Waals surface area (Å²) in [6, 6.07) is 0. The Bertz CT molecular complexity index is 230. The summed E-state index contributed by atoms with van der Waals surface area (Å²) in [5.41, 5.74) is 1.31. The summed E-state index contributed by atoms with van der Waals surface area (Å²) in [6.07, 6.45) is 15.1. The van der Waals surface area contributed by atoms with Crippen molar-refractivity contribution in [3.05, 3.63) is 36.6 Å². The van der Waals surface area contributed by atoms with Crippen molar-refractivity contribution in [3.8, 4) is 0 Å². The van der Waals surface area contributed by atoms with Crippen molar-refractivity contribution in [1.29, 1.82) is 0 Å². The first kappa shape index (κ1) is 12.1. The molecule has 0 spiro atoms. The third kappa shape index (κ3) is 4.37. The van der Waals surface area contributed by atoms with Crippen LogP contribution in [0.4, 0.5) is 0 Å². The fourth-order valence-electron chi connectivity index (χ4n) is 2.06. The van der Waals surface area contributed by atoms with Gasteiger partial charge >= 0.3 is 0 Å². The van der Waals surface area contributed by atoms with Gasteiger partial charge < -0.3 is 4.90 Å². The molecule has 0 atom stereocenters. The standard InChI is InChI=1S/C14H23N/c1-3-10-14(11-4-2)15-12-8-6-5-7-9-13-15/h3-4,10-11H,1,5-9,12-13H2,2H3/b11-4-,14-10+. The summed E-state index contributed by atoms with van der Waals surface area (Å²) >= 11 is 0. The number of hydrogen-bond acceptors (Lipinski definition) is 1. The van der Waals surface area contributed by atoms with Gasteiger partial charge in [-0.3, -0.25) is 0 Å². The summed E-state index contributed by atoms with van der Waals surface area (Å²) in [5.74, 6) is 0. The molecular weight excluding hydrogens is 182 g/mol. The molecule has 1 saturated heterocycles. The fraction of sp³-hybridized carbons (Fsp3) is 0.571. The largest absolute Gasteiger partial charge is 0.372 e. The van der Waals surface area contributed by atoms with Crippen LogP contribution < -0.4 is 0 Å². The minimum Gasteiger partial charge on any atom is -0.372 e. The molecule has 1 heteroatoms. The number of hydrogen-bond donors (Lipinski definition) is 0. The molecule has 1 aliphatic rings. The maximum Gasteiger partial charge on any atom is 0.0362 e. The smallest absolute Gasteiger partial charge is 0.0362 e. The molecule has 1 rings (SSSR count). The first-order valence-electron chi connectivity index (χ1n) is 6.09. The second-order valence-electron chi connectivity index (χ2n) is 4.08. The van der Waals surface area contributed by atoms with E-state index in [0.29, 0.717) is 0 Å². The highest BCUT2D eigenvalue weighted by atomic mass is 15.1. The van der Waals surface area contributed by atoms with Crippen LogP contribution in [-0.2, 0) is 0 Å². The van der Waals surface area contributed by atoms with Gasteiger partial charge in [0.2, 0.25) is 0 Å². The summed E-state index contributed by atoms with van der Waals surface area (Å²) in [6.45, 7) is 8.25. The van der Waals surface area contributed by atoms with Crippen LogP contribution in [0.3, 0.4) is 0 Å². The third-order valence-electron chi connectivity index (χ3n) is 2.85. The second kappa shape index (κ2) is 7.33. The number of likely N-dealkylation sites (tertiary alicyclic amines) is 1. The van der Waals surface area contributed by atoms with Crippen molar-refractivity contribution in [3.63, 3.8) is 0 Å². The Hall–Kier alpha value is -0.980. The Morgan fingerprint density at radius 1 is 1.07 bits per heavy atom. The lowest BCUT2D eigenvalue weighted by atomic mass is 10.1. The lowest BCUT2D eigenvalue weighted by Gasteiger charge is -2.27. The molecule has 1 nitrogen and oxygen atoms in total. The summed E-state index contributed by atoms with van der Waals surface area (Å²) < 4.78 is 0. The zero-order chi connectivity index (χ0) is 10.9. The number of allylic oxidation sites excluding steroid dienone is 4.